The van der Waals surface area contributed by atoms with Gasteiger partial charge in [-0.1, -0.05) is 13.0 Å². The van der Waals surface area contributed by atoms with Gasteiger partial charge in [0.05, 0.1) is 11.0 Å². The van der Waals surface area contributed by atoms with E-state index in [1.54, 1.807) is 6.07 Å². The van der Waals surface area contributed by atoms with Crippen LogP contribution in [0.3, 0.4) is 0 Å². The molecule has 0 amide bonds. The Balaban J connectivity index is 2.40. The first-order valence-electron chi connectivity index (χ1n) is 6.34. The smallest absolute Gasteiger partial charge is 0.287 e. The highest BCUT2D eigenvalue weighted by molar-refractivity contribution is 6.67. The average Bonchev–Trinajstić information content (AvgIpc) is 2.89. The van der Waals surface area contributed by atoms with Crippen molar-refractivity contribution in [2.24, 2.45) is 0 Å². The summed E-state index contributed by atoms with van der Waals surface area (Å²) in [5.41, 5.74) is 4.03. The molecular formula is C15H14ClNO2. The third kappa shape index (κ3) is 1.85. The fourth-order valence-corrected chi connectivity index (χ4v) is 2.62. The molecule has 2 heterocycles. The number of benzene rings is 1. The molecule has 0 fully saturated rings. The predicted molar refractivity (Wildman–Crippen MR) is 76.9 cm³/mol. The Morgan fingerprint density at radius 1 is 1.32 bits per heavy atom. The summed E-state index contributed by atoms with van der Waals surface area (Å²) in [6.07, 6.45) is 1.02. The number of rotatable bonds is 3. The molecule has 0 saturated carbocycles. The molecule has 3 aromatic rings. The molecule has 2 aromatic heterocycles. The normalized spacial score (nSPS) is 11.5. The van der Waals surface area contributed by atoms with E-state index in [4.69, 9.17) is 16.0 Å². The quantitative estimate of drug-likeness (QED) is 0.660. The van der Waals surface area contributed by atoms with Crippen LogP contribution in [0.4, 0.5) is 0 Å². The third-order valence-corrected chi connectivity index (χ3v) is 3.52. The van der Waals surface area contributed by atoms with E-state index in [-0.39, 0.29) is 5.76 Å². The highest BCUT2D eigenvalue weighted by Crippen LogP contribution is 2.32. The molecule has 0 aliphatic heterocycles. The Hall–Kier alpha value is -1.74. The van der Waals surface area contributed by atoms with Gasteiger partial charge < -0.3 is 8.98 Å². The molecule has 0 unspecified atom stereocenters. The summed E-state index contributed by atoms with van der Waals surface area (Å²) in [5, 5.41) is 0.470. The molecular weight excluding hydrogens is 262 g/mol. The van der Waals surface area contributed by atoms with Gasteiger partial charge in [-0.2, -0.15) is 0 Å². The topological polar surface area (TPSA) is 35.1 Å². The predicted octanol–water partition coefficient (Wildman–Crippen LogP) is 4.48. The first-order chi connectivity index (χ1) is 9.11. The third-order valence-electron chi connectivity index (χ3n) is 3.33. The summed E-state index contributed by atoms with van der Waals surface area (Å²) in [7, 11) is 0. The van der Waals surface area contributed by atoms with Crippen molar-refractivity contribution in [3.05, 3.63) is 35.6 Å². The van der Waals surface area contributed by atoms with Gasteiger partial charge in [0.15, 0.2) is 11.3 Å². The van der Waals surface area contributed by atoms with Gasteiger partial charge >= 0.3 is 0 Å². The van der Waals surface area contributed by atoms with E-state index in [2.05, 4.69) is 24.5 Å². The lowest BCUT2D eigenvalue weighted by Gasteiger charge is -2.04. The van der Waals surface area contributed by atoms with Crippen molar-refractivity contribution >= 4 is 38.8 Å². The van der Waals surface area contributed by atoms with E-state index in [1.165, 1.54) is 5.56 Å². The first kappa shape index (κ1) is 12.3. The number of hydrogen-bond donors (Lipinski definition) is 0. The number of hydrogen-bond acceptors (Lipinski definition) is 2. The molecule has 1 aromatic carbocycles. The molecule has 3 rings (SSSR count). The van der Waals surface area contributed by atoms with Gasteiger partial charge in [-0.15, -0.1) is 0 Å². The van der Waals surface area contributed by atoms with E-state index in [0.717, 1.165) is 35.0 Å². The van der Waals surface area contributed by atoms with Crippen molar-refractivity contribution in [3.8, 4) is 0 Å². The fourth-order valence-electron chi connectivity index (χ4n) is 2.52. The molecule has 0 aliphatic carbocycles. The standard InChI is InChI=1S/C15H14ClNO2/c1-3-6-17-11-7-9(2)4-5-10(11)14-12(17)8-13(19-14)15(16)18/h4-5,7-8H,3,6H2,1-2H3. The Kier molecular flexibility index (Phi) is 2.86. The van der Waals surface area contributed by atoms with Crippen LogP contribution in [-0.2, 0) is 6.54 Å². The van der Waals surface area contributed by atoms with Gasteiger partial charge in [0, 0.05) is 18.0 Å². The molecule has 98 valence electrons. The molecule has 3 nitrogen and oxygen atoms in total. The lowest BCUT2D eigenvalue weighted by atomic mass is 10.2. The molecule has 0 spiro atoms. The molecule has 0 radical (unpaired) electrons. The summed E-state index contributed by atoms with van der Waals surface area (Å²) in [4.78, 5) is 11.2. The zero-order valence-electron chi connectivity index (χ0n) is 10.9. The van der Waals surface area contributed by atoms with Crippen molar-refractivity contribution in [2.45, 2.75) is 26.8 Å². The van der Waals surface area contributed by atoms with Crippen molar-refractivity contribution in [3.63, 3.8) is 0 Å². The van der Waals surface area contributed by atoms with Gasteiger partial charge in [0.25, 0.3) is 5.24 Å². The van der Waals surface area contributed by atoms with Crippen LogP contribution >= 0.6 is 11.6 Å². The van der Waals surface area contributed by atoms with Gasteiger partial charge in [-0.25, -0.2) is 0 Å². The number of aromatic nitrogens is 1. The molecule has 0 atom stereocenters. The number of nitrogens with zero attached hydrogens (tertiary/aromatic N) is 1. The Bertz CT molecular complexity index is 782. The molecule has 0 saturated heterocycles. The van der Waals surface area contributed by atoms with Crippen LogP contribution < -0.4 is 0 Å². The van der Waals surface area contributed by atoms with E-state index in [1.807, 2.05) is 12.1 Å². The van der Waals surface area contributed by atoms with Gasteiger partial charge in [0.2, 0.25) is 0 Å². The van der Waals surface area contributed by atoms with Crippen LogP contribution in [0.25, 0.3) is 22.0 Å². The van der Waals surface area contributed by atoms with E-state index in [0.29, 0.717) is 0 Å². The van der Waals surface area contributed by atoms with Crippen LogP contribution in [0.1, 0.15) is 29.5 Å². The maximum absolute atomic E-state index is 11.2. The highest BCUT2D eigenvalue weighted by Gasteiger charge is 2.17. The minimum atomic E-state index is -0.556. The van der Waals surface area contributed by atoms with E-state index >= 15 is 0 Å². The maximum Gasteiger partial charge on any atom is 0.287 e. The molecule has 0 N–H and O–H groups in total. The zero-order valence-corrected chi connectivity index (χ0v) is 11.6. The minimum Gasteiger partial charge on any atom is -0.449 e. The second-order valence-electron chi connectivity index (χ2n) is 4.77. The van der Waals surface area contributed by atoms with Gasteiger partial charge in [0.1, 0.15) is 0 Å². The van der Waals surface area contributed by atoms with Crippen LogP contribution in [-0.4, -0.2) is 9.81 Å². The van der Waals surface area contributed by atoms with Crippen LogP contribution in [0.5, 0.6) is 0 Å². The van der Waals surface area contributed by atoms with Crippen molar-refractivity contribution in [1.29, 1.82) is 0 Å². The Morgan fingerprint density at radius 2 is 2.11 bits per heavy atom. The monoisotopic (exact) mass is 275 g/mol. The maximum atomic E-state index is 11.2. The summed E-state index contributed by atoms with van der Waals surface area (Å²) >= 11 is 5.50. The van der Waals surface area contributed by atoms with Crippen molar-refractivity contribution < 1.29 is 9.21 Å². The van der Waals surface area contributed by atoms with Crippen LogP contribution in [0, 0.1) is 6.92 Å². The summed E-state index contributed by atoms with van der Waals surface area (Å²) in [5.74, 6) is 0.207. The molecule has 0 aliphatic rings. The molecule has 19 heavy (non-hydrogen) atoms. The second kappa shape index (κ2) is 4.42. The second-order valence-corrected chi connectivity index (χ2v) is 5.11. The first-order valence-corrected chi connectivity index (χ1v) is 6.72. The van der Waals surface area contributed by atoms with E-state index < -0.39 is 5.24 Å². The number of aryl methyl sites for hydroxylation is 2. The average molecular weight is 276 g/mol. The van der Waals surface area contributed by atoms with Crippen LogP contribution in [0.15, 0.2) is 28.7 Å². The lowest BCUT2D eigenvalue weighted by Crippen LogP contribution is -1.95. The number of halogens is 1. The van der Waals surface area contributed by atoms with Crippen LogP contribution in [0.2, 0.25) is 0 Å². The zero-order chi connectivity index (χ0) is 13.6. The lowest BCUT2D eigenvalue weighted by molar-refractivity contribution is 0.105. The van der Waals surface area contributed by atoms with Crippen molar-refractivity contribution in [2.75, 3.05) is 0 Å². The molecule has 4 heteroatoms. The molecule has 0 bridgehead atoms. The Morgan fingerprint density at radius 3 is 2.79 bits per heavy atom. The summed E-state index contributed by atoms with van der Waals surface area (Å²) in [6.45, 7) is 5.08. The summed E-state index contributed by atoms with van der Waals surface area (Å²) in [6, 6.07) is 7.95. The number of carbonyl (C=O) groups is 1. The SMILES string of the molecule is CCCn1c2cc(C)ccc2c2oc(C(=O)Cl)cc21. The highest BCUT2D eigenvalue weighted by atomic mass is 35.5. The minimum absolute atomic E-state index is 0.207. The van der Waals surface area contributed by atoms with Crippen molar-refractivity contribution in [1.82, 2.24) is 4.57 Å². The largest absolute Gasteiger partial charge is 0.449 e. The number of fused-ring (bicyclic) bond motifs is 3. The number of furan rings is 1. The van der Waals surface area contributed by atoms with Gasteiger partial charge in [-0.05, 0) is 42.6 Å². The number of carbonyl (C=O) groups excluding carboxylic acids is 1. The van der Waals surface area contributed by atoms with E-state index in [9.17, 15) is 4.79 Å². The van der Waals surface area contributed by atoms with Gasteiger partial charge in [-0.3, -0.25) is 4.79 Å². The fraction of sp³-hybridized carbons (Fsp3) is 0.267. The summed E-state index contributed by atoms with van der Waals surface area (Å²) < 4.78 is 7.79. The Labute approximate surface area is 115 Å².